The molecule has 6 nitrogen and oxygen atoms in total. The van der Waals surface area contributed by atoms with Gasteiger partial charge in [0.15, 0.2) is 5.17 Å². The quantitative estimate of drug-likeness (QED) is 0.647. The summed E-state index contributed by atoms with van der Waals surface area (Å²) in [7, 11) is 0. The molecule has 2 aliphatic rings. The van der Waals surface area contributed by atoms with Crippen LogP contribution < -0.4 is 10.6 Å². The maximum Gasteiger partial charge on any atom is 0.416 e. The molecule has 1 heterocycles. The van der Waals surface area contributed by atoms with Crippen LogP contribution in [0.25, 0.3) is 0 Å². The van der Waals surface area contributed by atoms with Gasteiger partial charge in [-0.05, 0) is 49.5 Å². The highest BCUT2D eigenvalue weighted by Crippen LogP contribution is 2.34. The van der Waals surface area contributed by atoms with Crippen molar-refractivity contribution in [3.05, 3.63) is 41.5 Å². The van der Waals surface area contributed by atoms with E-state index >= 15 is 0 Å². The number of carbonyl (C=O) groups is 2. The van der Waals surface area contributed by atoms with Crippen LogP contribution in [0.5, 0.6) is 0 Å². The predicted octanol–water partition coefficient (Wildman–Crippen LogP) is 4.74. The third-order valence-electron chi connectivity index (χ3n) is 4.72. The van der Waals surface area contributed by atoms with Crippen molar-refractivity contribution >= 4 is 40.1 Å². The number of nitrogens with zero attached hydrogens (tertiary/aromatic N) is 2. The Labute approximate surface area is 182 Å². The van der Waals surface area contributed by atoms with Crippen molar-refractivity contribution < 1.29 is 22.8 Å². The lowest BCUT2D eigenvalue weighted by Gasteiger charge is -2.28. The number of halogens is 3. The fraction of sp³-hybridized carbons (Fsp3) is 0.429. The Kier molecular flexibility index (Phi) is 6.59. The van der Waals surface area contributed by atoms with E-state index in [0.29, 0.717) is 5.17 Å². The number of amides is 2. The van der Waals surface area contributed by atoms with Crippen molar-refractivity contribution in [2.24, 2.45) is 15.6 Å². The SMILES string of the molecule is CC1=C/C(=N\N=C2\NC(=O)C(CC(=O)Nc3cccc(C(F)(F)F)c3)S2)CC(C)(C)C1. The van der Waals surface area contributed by atoms with E-state index in [0.717, 1.165) is 42.4 Å². The van der Waals surface area contributed by atoms with E-state index in [9.17, 15) is 22.8 Å². The highest BCUT2D eigenvalue weighted by molar-refractivity contribution is 8.15. The number of nitrogens with one attached hydrogen (secondary N) is 2. The number of thioether (sulfide) groups is 1. The monoisotopic (exact) mass is 452 g/mol. The van der Waals surface area contributed by atoms with E-state index in [2.05, 4.69) is 34.7 Å². The number of alkyl halides is 3. The molecule has 31 heavy (non-hydrogen) atoms. The molecular weight excluding hydrogens is 429 g/mol. The number of rotatable bonds is 4. The topological polar surface area (TPSA) is 82.9 Å². The van der Waals surface area contributed by atoms with Crippen LogP contribution in [0.2, 0.25) is 0 Å². The Bertz CT molecular complexity index is 983. The Morgan fingerprint density at radius 3 is 2.71 bits per heavy atom. The van der Waals surface area contributed by atoms with E-state index in [1.165, 1.54) is 17.7 Å². The molecule has 2 amide bonds. The molecule has 1 aliphatic carbocycles. The first kappa shape index (κ1) is 23.1. The van der Waals surface area contributed by atoms with Crippen LogP contribution in [0.15, 0.2) is 46.1 Å². The molecule has 1 saturated heterocycles. The van der Waals surface area contributed by atoms with Gasteiger partial charge in [-0.25, -0.2) is 0 Å². The minimum atomic E-state index is -4.50. The van der Waals surface area contributed by atoms with Gasteiger partial charge in [0.05, 0.1) is 11.3 Å². The van der Waals surface area contributed by atoms with E-state index < -0.39 is 22.9 Å². The Morgan fingerprint density at radius 1 is 1.29 bits per heavy atom. The molecule has 166 valence electrons. The van der Waals surface area contributed by atoms with Crippen LogP contribution in [0.4, 0.5) is 18.9 Å². The number of allylic oxidation sites excluding steroid dienone is 2. The second-order valence-corrected chi connectivity index (χ2v) is 9.62. The fourth-order valence-electron chi connectivity index (χ4n) is 3.61. The first-order valence-electron chi connectivity index (χ1n) is 9.68. The minimum absolute atomic E-state index is 0.0191. The van der Waals surface area contributed by atoms with Gasteiger partial charge in [0, 0.05) is 12.1 Å². The van der Waals surface area contributed by atoms with E-state index in [-0.39, 0.29) is 23.4 Å². The van der Waals surface area contributed by atoms with Crippen molar-refractivity contribution in [1.29, 1.82) is 0 Å². The molecule has 1 aliphatic heterocycles. The van der Waals surface area contributed by atoms with Gasteiger partial charge in [-0.2, -0.15) is 18.3 Å². The van der Waals surface area contributed by atoms with Gasteiger partial charge in [-0.3, -0.25) is 9.59 Å². The minimum Gasteiger partial charge on any atom is -0.326 e. The Balaban J connectivity index is 1.61. The van der Waals surface area contributed by atoms with Crippen molar-refractivity contribution in [2.75, 3.05) is 5.32 Å². The zero-order chi connectivity index (χ0) is 22.8. The number of carbonyl (C=O) groups excluding carboxylic acids is 2. The molecule has 10 heteroatoms. The lowest BCUT2D eigenvalue weighted by molar-refractivity contribution is -0.137. The van der Waals surface area contributed by atoms with Gasteiger partial charge in [0.1, 0.15) is 5.25 Å². The summed E-state index contributed by atoms with van der Waals surface area (Å²) in [5, 5.41) is 12.9. The highest BCUT2D eigenvalue weighted by Gasteiger charge is 2.33. The second kappa shape index (κ2) is 8.86. The smallest absolute Gasteiger partial charge is 0.326 e. The van der Waals surface area contributed by atoms with Crippen LogP contribution in [0, 0.1) is 5.41 Å². The van der Waals surface area contributed by atoms with Gasteiger partial charge in [0.2, 0.25) is 11.8 Å². The molecule has 0 aromatic heterocycles. The molecule has 3 rings (SSSR count). The average molecular weight is 453 g/mol. The Morgan fingerprint density at radius 2 is 2.03 bits per heavy atom. The lowest BCUT2D eigenvalue weighted by Crippen LogP contribution is -2.28. The molecule has 2 N–H and O–H groups in total. The van der Waals surface area contributed by atoms with Crippen molar-refractivity contribution in [2.45, 2.75) is 51.5 Å². The summed E-state index contributed by atoms with van der Waals surface area (Å²) >= 11 is 1.08. The van der Waals surface area contributed by atoms with Gasteiger partial charge in [-0.15, -0.1) is 5.10 Å². The van der Waals surface area contributed by atoms with E-state index in [1.54, 1.807) is 0 Å². The Hall–Kier alpha value is -2.62. The number of hydrogen-bond acceptors (Lipinski definition) is 5. The van der Waals surface area contributed by atoms with Crippen LogP contribution in [0.3, 0.4) is 0 Å². The second-order valence-electron chi connectivity index (χ2n) is 8.43. The standard InChI is InChI=1S/C21H23F3N4O2S/c1-12-7-15(11-20(2,3)10-12)27-28-19-26-18(30)16(31-19)9-17(29)25-14-6-4-5-13(8-14)21(22,23)24/h4-8,16H,9-11H2,1-3H3,(H,25,29)(H,26,28,30)/b27-15+. The van der Waals surface area contributed by atoms with Crippen LogP contribution in [0.1, 0.15) is 45.6 Å². The lowest BCUT2D eigenvalue weighted by atomic mass is 9.77. The number of benzene rings is 1. The van der Waals surface area contributed by atoms with Crippen molar-refractivity contribution in [3.63, 3.8) is 0 Å². The third-order valence-corrected chi connectivity index (χ3v) is 5.79. The maximum atomic E-state index is 12.8. The first-order chi connectivity index (χ1) is 14.4. The van der Waals surface area contributed by atoms with E-state index in [1.807, 2.05) is 13.0 Å². The van der Waals surface area contributed by atoms with Gasteiger partial charge in [0.25, 0.3) is 0 Å². The largest absolute Gasteiger partial charge is 0.416 e. The van der Waals surface area contributed by atoms with Gasteiger partial charge in [-0.1, -0.05) is 37.2 Å². The van der Waals surface area contributed by atoms with E-state index in [4.69, 9.17) is 0 Å². The van der Waals surface area contributed by atoms with Crippen LogP contribution in [-0.4, -0.2) is 27.9 Å². The summed E-state index contributed by atoms with van der Waals surface area (Å²) in [5.74, 6) is -0.953. The number of anilines is 1. The first-order valence-corrected chi connectivity index (χ1v) is 10.6. The molecule has 0 spiro atoms. The molecular formula is C21H23F3N4O2S. The summed E-state index contributed by atoms with van der Waals surface area (Å²) in [6.07, 6.45) is -0.971. The summed E-state index contributed by atoms with van der Waals surface area (Å²) in [4.78, 5) is 24.4. The number of hydrogen-bond donors (Lipinski definition) is 2. The normalized spacial score (nSPS) is 23.6. The molecule has 1 unspecified atom stereocenters. The average Bonchev–Trinajstić information content (AvgIpc) is 2.97. The molecule has 1 fully saturated rings. The summed E-state index contributed by atoms with van der Waals surface area (Å²) < 4.78 is 38.4. The zero-order valence-corrected chi connectivity index (χ0v) is 18.2. The fourth-order valence-corrected chi connectivity index (χ4v) is 4.53. The third kappa shape index (κ3) is 6.43. The van der Waals surface area contributed by atoms with Crippen molar-refractivity contribution in [1.82, 2.24) is 5.32 Å². The van der Waals surface area contributed by atoms with Gasteiger partial charge < -0.3 is 10.6 Å². The molecule has 0 radical (unpaired) electrons. The summed E-state index contributed by atoms with van der Waals surface area (Å²) in [5.41, 5.74) is 1.28. The summed E-state index contributed by atoms with van der Waals surface area (Å²) in [6, 6.07) is 4.34. The van der Waals surface area contributed by atoms with Crippen molar-refractivity contribution in [3.8, 4) is 0 Å². The van der Waals surface area contributed by atoms with Crippen LogP contribution in [-0.2, 0) is 15.8 Å². The van der Waals surface area contributed by atoms with Crippen LogP contribution >= 0.6 is 11.8 Å². The molecule has 0 bridgehead atoms. The predicted molar refractivity (Wildman–Crippen MR) is 116 cm³/mol. The molecule has 1 aromatic rings. The number of amidine groups is 1. The molecule has 1 aromatic carbocycles. The maximum absolute atomic E-state index is 12.8. The molecule has 1 atom stereocenters. The van der Waals surface area contributed by atoms with Gasteiger partial charge >= 0.3 is 6.18 Å². The zero-order valence-electron chi connectivity index (χ0n) is 17.3. The molecule has 0 saturated carbocycles. The highest BCUT2D eigenvalue weighted by atomic mass is 32.2. The summed E-state index contributed by atoms with van der Waals surface area (Å²) in [6.45, 7) is 6.34.